The molecule has 0 radical (unpaired) electrons. The summed E-state index contributed by atoms with van der Waals surface area (Å²) in [6, 6.07) is 13.1. The Morgan fingerprint density at radius 3 is 2.15 bits per heavy atom. The molecule has 0 aliphatic rings. The summed E-state index contributed by atoms with van der Waals surface area (Å²) in [5.74, 6) is -2.90. The average molecular weight is 530 g/mol. The molecule has 12 heteroatoms. The summed E-state index contributed by atoms with van der Waals surface area (Å²) in [5, 5.41) is 17.4. The van der Waals surface area contributed by atoms with Gasteiger partial charge in [-0.2, -0.15) is 10.2 Å². The number of hydrogen-bond donors (Lipinski definition) is 2. The molecule has 0 bridgehead atoms. The summed E-state index contributed by atoms with van der Waals surface area (Å²) in [4.78, 5) is 8.33. The SMILES string of the molecule is N=C(N)c1nn(C(c2ccccc2F)c2nn(Cc3ccccc3F)c3ncc(F)cc23)c2ncc(F)cc12. The zero-order valence-electron chi connectivity index (χ0n) is 20.0. The first kappa shape index (κ1) is 24.2. The summed E-state index contributed by atoms with van der Waals surface area (Å²) >= 11 is 0. The molecule has 8 nitrogen and oxygen atoms in total. The number of amidine groups is 1. The van der Waals surface area contributed by atoms with Crippen LogP contribution in [-0.2, 0) is 6.54 Å². The van der Waals surface area contributed by atoms with E-state index >= 15 is 4.39 Å². The van der Waals surface area contributed by atoms with Crippen molar-refractivity contribution in [2.45, 2.75) is 12.6 Å². The number of nitrogen functional groups attached to an aromatic ring is 1. The van der Waals surface area contributed by atoms with Crippen molar-refractivity contribution in [1.82, 2.24) is 29.5 Å². The quantitative estimate of drug-likeness (QED) is 0.184. The van der Waals surface area contributed by atoms with E-state index in [1.54, 1.807) is 24.3 Å². The molecule has 0 fully saturated rings. The lowest BCUT2D eigenvalue weighted by Gasteiger charge is -2.18. The number of pyridine rings is 2. The molecule has 194 valence electrons. The highest BCUT2D eigenvalue weighted by Crippen LogP contribution is 2.35. The fourth-order valence-corrected chi connectivity index (χ4v) is 4.63. The lowest BCUT2D eigenvalue weighted by Crippen LogP contribution is -2.19. The van der Waals surface area contributed by atoms with Crippen LogP contribution in [0.25, 0.3) is 22.1 Å². The molecule has 0 aliphatic heterocycles. The Bertz CT molecular complexity index is 1890. The van der Waals surface area contributed by atoms with Crippen molar-refractivity contribution in [2.24, 2.45) is 5.73 Å². The van der Waals surface area contributed by atoms with Gasteiger partial charge in [-0.3, -0.25) is 5.41 Å². The van der Waals surface area contributed by atoms with E-state index in [-0.39, 0.29) is 45.6 Å². The highest BCUT2D eigenvalue weighted by molar-refractivity contribution is 6.04. The second-order valence-corrected chi connectivity index (χ2v) is 8.81. The van der Waals surface area contributed by atoms with Crippen LogP contribution >= 0.6 is 0 Å². The number of aromatic nitrogens is 6. The Hall–Kier alpha value is -5.13. The molecule has 2 aromatic carbocycles. The second kappa shape index (κ2) is 9.31. The van der Waals surface area contributed by atoms with Gasteiger partial charge in [0, 0.05) is 16.5 Å². The maximum absolute atomic E-state index is 15.4. The Balaban J connectivity index is 1.66. The summed E-state index contributed by atoms with van der Waals surface area (Å²) in [6.45, 7) is -0.0478. The molecule has 0 saturated heterocycles. The fraction of sp³-hybridized carbons (Fsp3) is 0.0741. The number of rotatable bonds is 6. The number of nitrogens with zero attached hydrogens (tertiary/aromatic N) is 6. The van der Waals surface area contributed by atoms with Crippen molar-refractivity contribution in [3.63, 3.8) is 0 Å². The van der Waals surface area contributed by atoms with Gasteiger partial charge in [-0.15, -0.1) is 0 Å². The predicted octanol–water partition coefficient (Wildman–Crippen LogP) is 4.70. The zero-order valence-corrected chi connectivity index (χ0v) is 20.0. The fourth-order valence-electron chi connectivity index (χ4n) is 4.63. The van der Waals surface area contributed by atoms with E-state index in [1.165, 1.54) is 39.7 Å². The van der Waals surface area contributed by atoms with Crippen LogP contribution in [0.3, 0.4) is 0 Å². The van der Waals surface area contributed by atoms with Crippen molar-refractivity contribution in [3.8, 4) is 0 Å². The van der Waals surface area contributed by atoms with Gasteiger partial charge in [0.15, 0.2) is 11.3 Å². The van der Waals surface area contributed by atoms with Gasteiger partial charge in [0.05, 0.1) is 24.3 Å². The molecule has 1 unspecified atom stereocenters. The van der Waals surface area contributed by atoms with Gasteiger partial charge in [-0.1, -0.05) is 36.4 Å². The average Bonchev–Trinajstić information content (AvgIpc) is 3.45. The van der Waals surface area contributed by atoms with Crippen LogP contribution in [0.15, 0.2) is 73.1 Å². The first-order valence-electron chi connectivity index (χ1n) is 11.7. The number of halogens is 4. The first-order valence-corrected chi connectivity index (χ1v) is 11.7. The van der Waals surface area contributed by atoms with Gasteiger partial charge >= 0.3 is 0 Å². The summed E-state index contributed by atoms with van der Waals surface area (Å²) in [7, 11) is 0. The van der Waals surface area contributed by atoms with E-state index in [2.05, 4.69) is 20.2 Å². The van der Waals surface area contributed by atoms with E-state index in [4.69, 9.17) is 11.1 Å². The van der Waals surface area contributed by atoms with Crippen LogP contribution in [0.2, 0.25) is 0 Å². The van der Waals surface area contributed by atoms with Gasteiger partial charge in [0.1, 0.15) is 46.5 Å². The maximum atomic E-state index is 15.4. The highest BCUT2D eigenvalue weighted by Gasteiger charge is 2.31. The number of benzene rings is 2. The normalized spacial score (nSPS) is 12.3. The molecule has 0 spiro atoms. The van der Waals surface area contributed by atoms with E-state index in [9.17, 15) is 13.2 Å². The molecule has 0 aliphatic carbocycles. The molecular weight excluding hydrogens is 512 g/mol. The monoisotopic (exact) mass is 530 g/mol. The molecule has 4 aromatic heterocycles. The lowest BCUT2D eigenvalue weighted by atomic mass is 10.0. The van der Waals surface area contributed by atoms with E-state index < -0.39 is 35.1 Å². The Morgan fingerprint density at radius 2 is 1.46 bits per heavy atom. The lowest BCUT2D eigenvalue weighted by molar-refractivity contribution is 0.532. The maximum Gasteiger partial charge on any atom is 0.159 e. The molecule has 0 saturated carbocycles. The summed E-state index contributed by atoms with van der Waals surface area (Å²) < 4.78 is 61.2. The largest absolute Gasteiger partial charge is 0.382 e. The Kier molecular flexibility index (Phi) is 5.78. The van der Waals surface area contributed by atoms with Gasteiger partial charge < -0.3 is 5.73 Å². The summed E-state index contributed by atoms with van der Waals surface area (Å²) in [5.41, 5.74) is 6.50. The van der Waals surface area contributed by atoms with E-state index in [0.29, 0.717) is 5.56 Å². The standard InChI is InChI=1S/C27H18F4N8/c28-15-9-18-22(36-38(26(18)34-11-15)13-14-5-1-3-7-20(14)30)24(17-6-2-4-8-21(17)31)39-27-19(10-16(29)12-35-27)23(37-39)25(32)33/h1-12,24H,13H2,(H3,32,33). The number of fused-ring (bicyclic) bond motifs is 2. The van der Waals surface area contributed by atoms with Crippen LogP contribution < -0.4 is 5.73 Å². The molecule has 6 rings (SSSR count). The van der Waals surface area contributed by atoms with Crippen molar-refractivity contribution in [2.75, 3.05) is 0 Å². The van der Waals surface area contributed by atoms with Crippen LogP contribution in [-0.4, -0.2) is 35.4 Å². The molecule has 4 heterocycles. The third-order valence-electron chi connectivity index (χ3n) is 6.33. The van der Waals surface area contributed by atoms with E-state index in [1.807, 2.05) is 0 Å². The van der Waals surface area contributed by atoms with Crippen molar-refractivity contribution in [1.29, 1.82) is 5.41 Å². The predicted molar refractivity (Wildman–Crippen MR) is 135 cm³/mol. The molecule has 1 atom stereocenters. The third-order valence-corrected chi connectivity index (χ3v) is 6.33. The topological polar surface area (TPSA) is 111 Å². The number of nitrogens with one attached hydrogen (secondary N) is 1. The van der Waals surface area contributed by atoms with Gasteiger partial charge in [-0.25, -0.2) is 36.9 Å². The smallest absolute Gasteiger partial charge is 0.159 e. The van der Waals surface area contributed by atoms with Crippen LogP contribution in [0, 0.1) is 28.7 Å². The molecular formula is C27H18F4N8. The third kappa shape index (κ3) is 4.15. The first-order chi connectivity index (χ1) is 18.8. The van der Waals surface area contributed by atoms with E-state index in [0.717, 1.165) is 18.5 Å². The minimum Gasteiger partial charge on any atom is -0.382 e. The molecule has 39 heavy (non-hydrogen) atoms. The Morgan fingerprint density at radius 1 is 0.821 bits per heavy atom. The van der Waals surface area contributed by atoms with Crippen molar-refractivity contribution in [3.05, 3.63) is 119 Å². The van der Waals surface area contributed by atoms with Crippen molar-refractivity contribution < 1.29 is 17.6 Å². The van der Waals surface area contributed by atoms with Crippen LogP contribution in [0.5, 0.6) is 0 Å². The minimum absolute atomic E-state index is 0.0478. The Labute approximate surface area is 217 Å². The molecule has 0 amide bonds. The summed E-state index contributed by atoms with van der Waals surface area (Å²) in [6.07, 6.45) is 1.96. The minimum atomic E-state index is -1.17. The number of hydrogen-bond acceptors (Lipinski definition) is 5. The van der Waals surface area contributed by atoms with Gasteiger partial charge in [0.2, 0.25) is 0 Å². The zero-order chi connectivity index (χ0) is 27.3. The highest BCUT2D eigenvalue weighted by atomic mass is 19.1. The van der Waals surface area contributed by atoms with Crippen LogP contribution in [0.1, 0.15) is 28.6 Å². The van der Waals surface area contributed by atoms with Gasteiger partial charge in [0.25, 0.3) is 0 Å². The number of nitrogens with two attached hydrogens (primary N) is 1. The van der Waals surface area contributed by atoms with Crippen molar-refractivity contribution >= 4 is 27.9 Å². The second-order valence-electron chi connectivity index (χ2n) is 8.81. The van der Waals surface area contributed by atoms with Gasteiger partial charge in [-0.05, 0) is 24.3 Å². The molecule has 6 aromatic rings. The molecule has 3 N–H and O–H groups in total. The van der Waals surface area contributed by atoms with Crippen LogP contribution in [0.4, 0.5) is 17.6 Å².